The number of carbonyl (C=O) groups excluding carboxylic acids is 2. The molecule has 2 fully saturated rings. The zero-order valence-electron chi connectivity index (χ0n) is 29.6. The molecule has 3 aliphatic heterocycles. The van der Waals surface area contributed by atoms with Gasteiger partial charge in [0, 0.05) is 16.7 Å². The van der Waals surface area contributed by atoms with Crippen LogP contribution in [0.1, 0.15) is 42.6 Å². The minimum absolute atomic E-state index is 0.0277. The van der Waals surface area contributed by atoms with Gasteiger partial charge in [0.15, 0.2) is 18.1 Å². The van der Waals surface area contributed by atoms with Crippen LogP contribution in [0.3, 0.4) is 0 Å². The number of aliphatic carboxylic acids is 1. The highest BCUT2D eigenvalue weighted by Crippen LogP contribution is 2.45. The molecule has 0 saturated carbocycles. The van der Waals surface area contributed by atoms with E-state index in [9.17, 15) is 14.0 Å². The number of ether oxygens (including phenoxy) is 6. The van der Waals surface area contributed by atoms with E-state index < -0.39 is 53.5 Å². The van der Waals surface area contributed by atoms with Crippen molar-refractivity contribution in [1.29, 1.82) is 0 Å². The molecule has 282 valence electrons. The zero-order valence-corrected chi connectivity index (χ0v) is 30.4. The van der Waals surface area contributed by atoms with Crippen LogP contribution in [0.25, 0.3) is 0 Å². The number of benzene rings is 4. The number of fused-ring (bicyclic) bond motifs is 1. The molecule has 2 N–H and O–H groups in total. The second-order valence-corrected chi connectivity index (χ2v) is 15.0. The minimum atomic E-state index is -1.33. The minimum Gasteiger partial charge on any atom is -0.482 e. The molecule has 54 heavy (non-hydrogen) atoms. The lowest BCUT2D eigenvalue weighted by molar-refractivity contribution is -0.295. The van der Waals surface area contributed by atoms with Gasteiger partial charge in [0.25, 0.3) is 0 Å². The van der Waals surface area contributed by atoms with Crippen LogP contribution in [0.4, 0.5) is 14.9 Å². The van der Waals surface area contributed by atoms with Crippen LogP contribution in [0.5, 0.6) is 17.2 Å². The summed E-state index contributed by atoms with van der Waals surface area (Å²) in [4.78, 5) is 40.9. The van der Waals surface area contributed by atoms with Gasteiger partial charge in [-0.25, -0.2) is 18.9 Å². The molecule has 14 heteroatoms. The van der Waals surface area contributed by atoms with Crippen LogP contribution >= 0.6 is 11.8 Å². The van der Waals surface area contributed by atoms with Gasteiger partial charge in [0.05, 0.1) is 25.0 Å². The Morgan fingerprint density at radius 1 is 0.944 bits per heavy atom. The predicted molar refractivity (Wildman–Crippen MR) is 196 cm³/mol. The normalized spacial score (nSPS) is 19.4. The van der Waals surface area contributed by atoms with Crippen molar-refractivity contribution >= 4 is 35.4 Å². The summed E-state index contributed by atoms with van der Waals surface area (Å²) in [6.45, 7) is 4.28. The number of nitrogens with one attached hydrogen (secondary N) is 1. The lowest BCUT2D eigenvalue weighted by Crippen LogP contribution is -2.49. The fourth-order valence-corrected chi connectivity index (χ4v) is 7.79. The second-order valence-electron chi connectivity index (χ2n) is 13.9. The Kier molecular flexibility index (Phi) is 10.7. The van der Waals surface area contributed by atoms with Crippen molar-refractivity contribution in [3.8, 4) is 17.2 Å². The van der Waals surface area contributed by atoms with Crippen molar-refractivity contribution in [3.05, 3.63) is 120 Å². The third-order valence-corrected chi connectivity index (χ3v) is 10.6. The number of cyclic esters (lactones) is 1. The Labute approximate surface area is 315 Å². The first kappa shape index (κ1) is 37.0. The van der Waals surface area contributed by atoms with Crippen LogP contribution < -0.4 is 19.5 Å². The number of nitrogens with zero attached hydrogens (tertiary/aromatic N) is 1. The number of carboxylic acid groups (broad SMARTS) is 1. The monoisotopic (exact) mass is 758 g/mol. The Morgan fingerprint density at radius 2 is 1.65 bits per heavy atom. The molecule has 0 spiro atoms. The quantitative estimate of drug-likeness (QED) is 0.146. The van der Waals surface area contributed by atoms with Crippen molar-refractivity contribution in [1.82, 2.24) is 4.90 Å². The molecule has 0 bridgehead atoms. The third-order valence-electron chi connectivity index (χ3n) is 9.27. The highest BCUT2D eigenvalue weighted by atomic mass is 32.2. The molecule has 12 nitrogen and oxygen atoms in total. The summed E-state index contributed by atoms with van der Waals surface area (Å²) in [7, 11) is 0. The van der Waals surface area contributed by atoms with E-state index in [1.165, 1.54) is 23.9 Å². The summed E-state index contributed by atoms with van der Waals surface area (Å²) in [6.07, 6.45) is -0.783. The van der Waals surface area contributed by atoms with E-state index in [4.69, 9.17) is 33.5 Å². The van der Waals surface area contributed by atoms with Gasteiger partial charge < -0.3 is 38.8 Å². The van der Waals surface area contributed by atoms with Gasteiger partial charge in [0.1, 0.15) is 29.5 Å². The fourth-order valence-electron chi connectivity index (χ4n) is 6.38. The topological polar surface area (TPSA) is 142 Å². The van der Waals surface area contributed by atoms with Crippen molar-refractivity contribution in [2.24, 2.45) is 5.41 Å². The lowest BCUT2D eigenvalue weighted by atomic mass is 9.93. The van der Waals surface area contributed by atoms with Crippen LogP contribution in [0, 0.1) is 11.2 Å². The summed E-state index contributed by atoms with van der Waals surface area (Å²) in [5, 5.41) is 11.5. The molecule has 3 atom stereocenters. The van der Waals surface area contributed by atoms with Crippen LogP contribution in [-0.2, 0) is 29.6 Å². The van der Waals surface area contributed by atoms with Crippen LogP contribution in [-0.4, -0.2) is 72.2 Å². The SMILES string of the molecule is CC1(C)COC(CS[C@@H](C(=O)N2C(=O)OC[C@@H]2c2ccccc2)[C@H](Nc2ccc(F)cc2)c2ccc(OCC(=O)O)cc2)(c2ccc3c(c2)OCO3)OC1. The number of anilines is 1. The summed E-state index contributed by atoms with van der Waals surface area (Å²) in [5.41, 5.74) is 2.19. The highest BCUT2D eigenvalue weighted by molar-refractivity contribution is 8.00. The molecule has 3 heterocycles. The molecule has 0 aromatic heterocycles. The van der Waals surface area contributed by atoms with E-state index in [-0.39, 0.29) is 24.6 Å². The molecule has 2 saturated heterocycles. The van der Waals surface area contributed by atoms with Crippen molar-refractivity contribution in [2.75, 3.05) is 44.3 Å². The van der Waals surface area contributed by atoms with Crippen molar-refractivity contribution < 1.29 is 52.3 Å². The number of hydrogen-bond donors (Lipinski definition) is 2. The maximum absolute atomic E-state index is 15.1. The van der Waals surface area contributed by atoms with Gasteiger partial charge in [-0.1, -0.05) is 56.3 Å². The molecule has 0 unspecified atom stereocenters. The third kappa shape index (κ3) is 8.10. The molecule has 4 aromatic carbocycles. The molecular formula is C40H39FN2O10S. The number of halogens is 1. The van der Waals surface area contributed by atoms with Gasteiger partial charge in [0.2, 0.25) is 18.5 Å². The highest BCUT2D eigenvalue weighted by Gasteiger charge is 2.48. The second kappa shape index (κ2) is 15.6. The number of imide groups is 1. The summed E-state index contributed by atoms with van der Waals surface area (Å²) in [5.74, 6) is -1.92. The number of carbonyl (C=O) groups is 3. The Morgan fingerprint density at radius 3 is 2.35 bits per heavy atom. The first-order valence-electron chi connectivity index (χ1n) is 17.3. The number of rotatable bonds is 13. The Bertz CT molecular complexity index is 1970. The number of carboxylic acids is 1. The van der Waals surface area contributed by atoms with Crippen molar-refractivity contribution in [3.63, 3.8) is 0 Å². The molecule has 7 rings (SSSR count). The predicted octanol–water partition coefficient (Wildman–Crippen LogP) is 6.92. The van der Waals surface area contributed by atoms with E-state index in [0.29, 0.717) is 47.3 Å². The molecular weight excluding hydrogens is 720 g/mol. The van der Waals surface area contributed by atoms with E-state index in [1.807, 2.05) is 56.3 Å². The molecule has 0 aliphatic carbocycles. The molecule has 4 aromatic rings. The fraction of sp³-hybridized carbons (Fsp3) is 0.325. The van der Waals surface area contributed by atoms with Crippen LogP contribution in [0.2, 0.25) is 0 Å². The standard InChI is InChI=1S/C40H39FN2O10S/c1-39(2)21-52-40(53-22-39,27-10-17-32-33(18-27)51-24-50-32)23-54-36(37(46)43-31(19-49-38(43)47)25-6-4-3-5-7-25)35(42-29-13-11-28(41)12-14-29)26-8-15-30(16-9-26)48-20-34(44)45/h3-18,31,35-36,42H,19-24H2,1-2H3,(H,44,45)/t31-,35-,36-/m1/s1. The molecule has 2 amide bonds. The Balaban J connectivity index is 1.30. The summed E-state index contributed by atoms with van der Waals surface area (Å²) >= 11 is 1.23. The van der Waals surface area contributed by atoms with E-state index in [1.54, 1.807) is 42.5 Å². The van der Waals surface area contributed by atoms with E-state index in [2.05, 4.69) is 5.32 Å². The Hall–Kier alpha value is -5.31. The first-order valence-corrected chi connectivity index (χ1v) is 18.4. The van der Waals surface area contributed by atoms with Gasteiger partial charge in [-0.2, -0.15) is 0 Å². The zero-order chi connectivity index (χ0) is 37.9. The van der Waals surface area contributed by atoms with Gasteiger partial charge in [-0.3, -0.25) is 4.79 Å². The van der Waals surface area contributed by atoms with Gasteiger partial charge >= 0.3 is 12.1 Å². The smallest absolute Gasteiger partial charge is 0.417 e. The summed E-state index contributed by atoms with van der Waals surface area (Å²) in [6, 6.07) is 25.4. The van der Waals surface area contributed by atoms with Gasteiger partial charge in [-0.15, -0.1) is 11.8 Å². The average Bonchev–Trinajstić information content (AvgIpc) is 3.82. The molecule has 3 aliphatic rings. The summed E-state index contributed by atoms with van der Waals surface area (Å²) < 4.78 is 49.4. The van der Waals surface area contributed by atoms with E-state index >= 15 is 4.79 Å². The number of thioether (sulfide) groups is 1. The maximum atomic E-state index is 15.1. The van der Waals surface area contributed by atoms with Crippen molar-refractivity contribution in [2.45, 2.75) is 37.0 Å². The van der Waals surface area contributed by atoms with E-state index in [0.717, 1.165) is 10.5 Å². The van der Waals surface area contributed by atoms with Crippen LogP contribution in [0.15, 0.2) is 97.1 Å². The maximum Gasteiger partial charge on any atom is 0.417 e. The molecule has 0 radical (unpaired) electrons. The largest absolute Gasteiger partial charge is 0.482 e. The number of hydrogen-bond acceptors (Lipinski definition) is 11. The van der Waals surface area contributed by atoms with Gasteiger partial charge in [-0.05, 0) is 65.7 Å². The average molecular weight is 759 g/mol. The number of amides is 2. The lowest BCUT2D eigenvalue weighted by Gasteiger charge is -2.44. The first-order chi connectivity index (χ1) is 26.0.